The van der Waals surface area contributed by atoms with Crippen LogP contribution in [0.2, 0.25) is 5.02 Å². The highest BCUT2D eigenvalue weighted by molar-refractivity contribution is 6.33. The van der Waals surface area contributed by atoms with Crippen molar-refractivity contribution >= 4 is 17.7 Å². The molecule has 5 nitrogen and oxygen atoms in total. The van der Waals surface area contributed by atoms with E-state index >= 15 is 0 Å². The number of amides is 1. The van der Waals surface area contributed by atoms with E-state index in [9.17, 15) is 15.0 Å². The minimum absolute atomic E-state index is 0.139. The number of aliphatic hydroxyl groups excluding tert-OH is 1. The predicted molar refractivity (Wildman–Crippen MR) is 146 cm³/mol. The summed E-state index contributed by atoms with van der Waals surface area (Å²) in [7, 11) is 0. The van der Waals surface area contributed by atoms with Gasteiger partial charge in [0.15, 0.2) is 0 Å². The number of rotatable bonds is 9. The molecule has 0 radical (unpaired) electrons. The van der Waals surface area contributed by atoms with Crippen molar-refractivity contribution in [3.8, 4) is 11.1 Å². The van der Waals surface area contributed by atoms with Gasteiger partial charge >= 0.3 is 6.09 Å². The standard InChI is InChI=1S/C30H42ClNO4/c1-5-22-12-9-13-23(20-22)27-25(15-10-16-26(27)31)30(35,17-7-6-8-19-33)24-14-11-18-32(21-24)28(34)36-29(2,3)4/h9-10,12-13,15-16,20,24,33,35H,5-8,11,14,17-19,21H2,1-4H3/t24-,30?/m1/s1. The second-order valence-electron chi connectivity index (χ2n) is 10.9. The molecule has 198 valence electrons. The van der Waals surface area contributed by atoms with Gasteiger partial charge in [0.1, 0.15) is 5.60 Å². The number of carbonyl (C=O) groups is 1. The van der Waals surface area contributed by atoms with Gasteiger partial charge in [-0.15, -0.1) is 0 Å². The maximum absolute atomic E-state index is 12.9. The molecule has 2 N–H and O–H groups in total. The Morgan fingerprint density at radius 2 is 1.89 bits per heavy atom. The molecular formula is C30H42ClNO4. The molecular weight excluding hydrogens is 474 g/mol. The fourth-order valence-corrected chi connectivity index (χ4v) is 5.51. The Bertz CT molecular complexity index is 1020. The van der Waals surface area contributed by atoms with Gasteiger partial charge in [0.25, 0.3) is 0 Å². The Labute approximate surface area is 221 Å². The smallest absolute Gasteiger partial charge is 0.410 e. The maximum Gasteiger partial charge on any atom is 0.410 e. The third-order valence-corrected chi connectivity index (χ3v) is 7.38. The summed E-state index contributed by atoms with van der Waals surface area (Å²) in [6.07, 6.45) is 4.99. The summed E-state index contributed by atoms with van der Waals surface area (Å²) in [5.41, 5.74) is 2.10. The Hall–Kier alpha value is -2.08. The van der Waals surface area contributed by atoms with Gasteiger partial charge in [0.2, 0.25) is 0 Å². The molecule has 3 rings (SSSR count). The van der Waals surface area contributed by atoms with Crippen LogP contribution in [-0.4, -0.2) is 46.5 Å². The summed E-state index contributed by atoms with van der Waals surface area (Å²) in [4.78, 5) is 14.6. The zero-order valence-electron chi connectivity index (χ0n) is 22.2. The average molecular weight is 516 g/mol. The molecule has 1 aliphatic rings. The molecule has 36 heavy (non-hydrogen) atoms. The van der Waals surface area contributed by atoms with Crippen LogP contribution >= 0.6 is 11.6 Å². The van der Waals surface area contributed by atoms with Crippen LogP contribution in [0.25, 0.3) is 11.1 Å². The lowest BCUT2D eigenvalue weighted by Crippen LogP contribution is -2.49. The van der Waals surface area contributed by atoms with Crippen molar-refractivity contribution in [2.24, 2.45) is 5.92 Å². The molecule has 2 aromatic rings. The summed E-state index contributed by atoms with van der Waals surface area (Å²) < 4.78 is 5.65. The molecule has 0 aromatic heterocycles. The van der Waals surface area contributed by atoms with E-state index in [2.05, 4.69) is 19.1 Å². The van der Waals surface area contributed by atoms with E-state index in [4.69, 9.17) is 16.3 Å². The lowest BCUT2D eigenvalue weighted by atomic mass is 9.72. The van der Waals surface area contributed by atoms with Crippen LogP contribution in [0.4, 0.5) is 4.79 Å². The Kier molecular flexibility index (Phi) is 9.85. The van der Waals surface area contributed by atoms with Crippen LogP contribution in [0.15, 0.2) is 42.5 Å². The van der Waals surface area contributed by atoms with Crippen molar-refractivity contribution in [1.29, 1.82) is 0 Å². The summed E-state index contributed by atoms with van der Waals surface area (Å²) in [5, 5.41) is 22.4. The van der Waals surface area contributed by atoms with E-state index in [0.717, 1.165) is 48.8 Å². The summed E-state index contributed by atoms with van der Waals surface area (Å²) in [5.74, 6) is -0.167. The molecule has 1 heterocycles. The van der Waals surface area contributed by atoms with Crippen molar-refractivity contribution in [2.45, 2.75) is 83.8 Å². The Balaban J connectivity index is 2.03. The summed E-state index contributed by atoms with van der Waals surface area (Å²) in [6, 6.07) is 14.1. The van der Waals surface area contributed by atoms with Gasteiger partial charge in [-0.3, -0.25) is 0 Å². The molecule has 0 aliphatic carbocycles. The van der Waals surface area contributed by atoms with E-state index in [1.807, 2.05) is 51.1 Å². The van der Waals surface area contributed by atoms with Crippen LogP contribution in [0, 0.1) is 5.92 Å². The first-order chi connectivity index (χ1) is 17.1. The molecule has 1 unspecified atom stereocenters. The highest BCUT2D eigenvalue weighted by Gasteiger charge is 2.43. The van der Waals surface area contributed by atoms with Gasteiger partial charge in [0, 0.05) is 36.2 Å². The number of halogens is 1. The third kappa shape index (κ3) is 7.02. The van der Waals surface area contributed by atoms with Crippen molar-refractivity contribution in [3.63, 3.8) is 0 Å². The molecule has 1 saturated heterocycles. The molecule has 1 aliphatic heterocycles. The van der Waals surface area contributed by atoms with Gasteiger partial charge in [0.05, 0.1) is 5.60 Å². The molecule has 0 spiro atoms. The van der Waals surface area contributed by atoms with Gasteiger partial charge < -0.3 is 19.8 Å². The summed E-state index contributed by atoms with van der Waals surface area (Å²) in [6.45, 7) is 8.91. The zero-order chi connectivity index (χ0) is 26.3. The van der Waals surface area contributed by atoms with Crippen LogP contribution in [-0.2, 0) is 16.8 Å². The number of hydrogen-bond donors (Lipinski definition) is 2. The van der Waals surface area contributed by atoms with E-state index < -0.39 is 11.2 Å². The van der Waals surface area contributed by atoms with Crippen LogP contribution in [0.1, 0.15) is 77.3 Å². The van der Waals surface area contributed by atoms with Crippen LogP contribution in [0.3, 0.4) is 0 Å². The number of likely N-dealkylation sites (tertiary alicyclic amines) is 1. The molecule has 1 fully saturated rings. The first kappa shape index (κ1) is 28.5. The van der Waals surface area contributed by atoms with Crippen molar-refractivity contribution in [3.05, 3.63) is 58.6 Å². The quantitative estimate of drug-likeness (QED) is 0.354. The van der Waals surface area contributed by atoms with Gasteiger partial charge in [-0.25, -0.2) is 4.79 Å². The van der Waals surface area contributed by atoms with Gasteiger partial charge in [-0.1, -0.05) is 67.8 Å². The lowest BCUT2D eigenvalue weighted by molar-refractivity contribution is -0.0634. The minimum atomic E-state index is -1.18. The number of ether oxygens (including phenoxy) is 1. The number of benzene rings is 2. The van der Waals surface area contributed by atoms with E-state index in [1.165, 1.54) is 5.56 Å². The number of unbranched alkanes of at least 4 members (excludes halogenated alkanes) is 2. The first-order valence-corrected chi connectivity index (χ1v) is 13.7. The molecule has 6 heteroatoms. The molecule has 0 bridgehead atoms. The average Bonchev–Trinajstić information content (AvgIpc) is 2.85. The second-order valence-corrected chi connectivity index (χ2v) is 11.3. The highest BCUT2D eigenvalue weighted by Crippen LogP contribution is 2.46. The zero-order valence-corrected chi connectivity index (χ0v) is 23.0. The minimum Gasteiger partial charge on any atom is -0.444 e. The van der Waals surface area contributed by atoms with Gasteiger partial charge in [-0.05, 0) is 75.6 Å². The van der Waals surface area contributed by atoms with Crippen LogP contribution in [0.5, 0.6) is 0 Å². The van der Waals surface area contributed by atoms with Crippen molar-refractivity contribution in [2.75, 3.05) is 19.7 Å². The fourth-order valence-electron chi connectivity index (χ4n) is 5.23. The lowest BCUT2D eigenvalue weighted by Gasteiger charge is -2.44. The SMILES string of the molecule is CCc1cccc(-c2c(Cl)cccc2C(O)(CCCCCO)[C@@H]2CCCN(C(=O)OC(C)(C)C)C2)c1. The first-order valence-electron chi connectivity index (χ1n) is 13.3. The Morgan fingerprint density at radius 1 is 1.14 bits per heavy atom. The number of aryl methyl sites for hydroxylation is 1. The molecule has 1 amide bonds. The largest absolute Gasteiger partial charge is 0.444 e. The third-order valence-electron chi connectivity index (χ3n) is 7.07. The number of hydrogen-bond acceptors (Lipinski definition) is 4. The number of nitrogens with zero attached hydrogens (tertiary/aromatic N) is 1. The molecule has 2 aromatic carbocycles. The predicted octanol–water partition coefficient (Wildman–Crippen LogP) is 6.96. The van der Waals surface area contributed by atoms with Gasteiger partial charge in [-0.2, -0.15) is 0 Å². The number of aliphatic hydroxyl groups is 2. The number of carbonyl (C=O) groups excluding carboxylic acids is 1. The van der Waals surface area contributed by atoms with Crippen molar-refractivity contribution < 1.29 is 19.7 Å². The van der Waals surface area contributed by atoms with Crippen LogP contribution < -0.4 is 0 Å². The normalized spacial score (nSPS) is 18.1. The van der Waals surface area contributed by atoms with E-state index in [0.29, 0.717) is 31.0 Å². The second kappa shape index (κ2) is 12.4. The molecule has 2 atom stereocenters. The van der Waals surface area contributed by atoms with E-state index in [-0.39, 0.29) is 18.6 Å². The summed E-state index contributed by atoms with van der Waals surface area (Å²) >= 11 is 6.81. The number of piperidine rings is 1. The maximum atomic E-state index is 12.9. The monoisotopic (exact) mass is 515 g/mol. The highest BCUT2D eigenvalue weighted by atomic mass is 35.5. The van der Waals surface area contributed by atoms with E-state index in [1.54, 1.807) is 4.90 Å². The topological polar surface area (TPSA) is 70.0 Å². The van der Waals surface area contributed by atoms with Crippen molar-refractivity contribution in [1.82, 2.24) is 4.90 Å². The Morgan fingerprint density at radius 3 is 2.58 bits per heavy atom. The molecule has 0 saturated carbocycles. The fraction of sp³-hybridized carbons (Fsp3) is 0.567.